The molecule has 416 valence electrons. The fraction of sp³-hybridized carbons (Fsp3) is 0.755. The molecule has 0 unspecified atom stereocenters. The third-order valence-corrected chi connectivity index (χ3v) is 17.6. The molecule has 0 aliphatic carbocycles. The molecule has 19 nitrogen and oxygen atoms in total. The van der Waals surface area contributed by atoms with Gasteiger partial charge in [-0.3, -0.25) is 4.79 Å². The highest BCUT2D eigenvalue weighted by atomic mass is 32.2. The minimum atomic E-state index is -4.15. The van der Waals surface area contributed by atoms with Gasteiger partial charge in [-0.1, -0.05) is 45.9 Å². The lowest BCUT2D eigenvalue weighted by Gasteiger charge is -2.53. The van der Waals surface area contributed by atoms with Crippen molar-refractivity contribution in [1.82, 2.24) is 14.9 Å². The molecule has 3 aliphatic heterocycles. The predicted molar refractivity (Wildman–Crippen MR) is 273 cm³/mol. The molecule has 0 saturated carbocycles. The van der Waals surface area contributed by atoms with Gasteiger partial charge >= 0.3 is 5.97 Å². The van der Waals surface area contributed by atoms with Crippen molar-refractivity contribution < 1.29 is 76.3 Å². The van der Waals surface area contributed by atoms with Gasteiger partial charge in [-0.05, 0) is 111 Å². The van der Waals surface area contributed by atoms with Crippen LogP contribution in [0.15, 0.2) is 53.4 Å². The van der Waals surface area contributed by atoms with Crippen LogP contribution in [-0.4, -0.2) is 177 Å². The Kier molecular flexibility index (Phi) is 20.6. The number of benzene rings is 2. The molecule has 2 aromatic rings. The van der Waals surface area contributed by atoms with Crippen molar-refractivity contribution >= 4 is 16.0 Å². The summed E-state index contributed by atoms with van der Waals surface area (Å²) in [5.74, 6) is -2.12. The number of nitrogens with zero attached hydrogens (tertiary/aromatic N) is 1. The summed E-state index contributed by atoms with van der Waals surface area (Å²) in [6.45, 7) is 20.1. The Bertz CT molecular complexity index is 2190. The van der Waals surface area contributed by atoms with Crippen LogP contribution in [0.2, 0.25) is 0 Å². The molecule has 0 aromatic heterocycles. The first kappa shape index (κ1) is 60.6. The summed E-state index contributed by atoms with van der Waals surface area (Å²) >= 11 is 0. The molecular formula is C53H87N3O16S. The van der Waals surface area contributed by atoms with E-state index in [2.05, 4.69) is 10.6 Å². The van der Waals surface area contributed by atoms with Crippen molar-refractivity contribution in [2.75, 3.05) is 48.0 Å². The Hall–Kier alpha value is -3.22. The van der Waals surface area contributed by atoms with Gasteiger partial charge in [0.15, 0.2) is 30.2 Å². The van der Waals surface area contributed by atoms with E-state index in [9.17, 15) is 33.6 Å². The maximum atomic E-state index is 14.7. The van der Waals surface area contributed by atoms with Gasteiger partial charge in [-0.2, -0.15) is 4.31 Å². The van der Waals surface area contributed by atoms with Crippen LogP contribution >= 0.6 is 0 Å². The van der Waals surface area contributed by atoms with E-state index in [1.54, 1.807) is 91.8 Å². The van der Waals surface area contributed by atoms with Crippen molar-refractivity contribution in [3.8, 4) is 17.2 Å². The van der Waals surface area contributed by atoms with Gasteiger partial charge in [0.2, 0.25) is 10.0 Å². The number of likely N-dealkylation sites (N-methyl/N-ethyl adjacent to an activating group) is 2. The zero-order valence-electron chi connectivity index (χ0n) is 45.7. The Labute approximate surface area is 433 Å². The van der Waals surface area contributed by atoms with Crippen LogP contribution < -0.4 is 24.8 Å². The first-order valence-electron chi connectivity index (χ1n) is 25.7. The SMILES string of the molecule is CCNC[C@]1(O)[C@H](C)O[C@@H](O[C@H]2[C@H](C)[C@@H](O[C@@H]3O[C@H](C)C[C@H](N(C)S(=O)(=O)c4ccccc4)[C@H]3Oc3ccc(OC)c(OC)c3)[C@](C)(O)C[C@@H](C)CN[C@H](C)[C@@H](O)[C@](C)(O)[C@@H](CC)OC(=O)[C@@H]2C)C[C@@]1(C)OC. The van der Waals surface area contributed by atoms with Crippen molar-refractivity contribution in [2.45, 2.75) is 197 Å². The molecule has 0 bridgehead atoms. The second-order valence-corrected chi connectivity index (χ2v) is 23.3. The summed E-state index contributed by atoms with van der Waals surface area (Å²) in [6.07, 6.45) is -9.74. The van der Waals surface area contributed by atoms with E-state index in [1.165, 1.54) is 51.7 Å². The molecule has 6 N–H and O–H groups in total. The molecule has 0 amide bonds. The van der Waals surface area contributed by atoms with E-state index >= 15 is 0 Å². The first-order valence-corrected chi connectivity index (χ1v) is 27.2. The van der Waals surface area contributed by atoms with Gasteiger partial charge in [0.05, 0.1) is 61.1 Å². The number of aliphatic hydroxyl groups excluding tert-OH is 1. The van der Waals surface area contributed by atoms with Gasteiger partial charge in [0.1, 0.15) is 34.8 Å². The fourth-order valence-electron chi connectivity index (χ4n) is 11.0. The number of cyclic esters (lactones) is 1. The summed E-state index contributed by atoms with van der Waals surface area (Å²) in [5.41, 5.74) is -6.40. The number of nitrogens with one attached hydrogen (secondary N) is 2. The van der Waals surface area contributed by atoms with Crippen molar-refractivity contribution in [3.05, 3.63) is 48.5 Å². The van der Waals surface area contributed by atoms with Gasteiger partial charge in [0.25, 0.3) is 0 Å². The summed E-state index contributed by atoms with van der Waals surface area (Å²) in [5, 5.41) is 55.3. The average Bonchev–Trinajstić information content (AvgIpc) is 3.35. The number of ether oxygens (including phenoxy) is 9. The molecule has 20 heteroatoms. The van der Waals surface area contributed by atoms with Crippen LogP contribution in [0.3, 0.4) is 0 Å². The number of carbonyl (C=O) groups is 1. The molecule has 18 atom stereocenters. The molecule has 0 spiro atoms. The Balaban J connectivity index is 1.69. The molecule has 3 aliphatic rings. The van der Waals surface area contributed by atoms with Crippen LogP contribution in [0.25, 0.3) is 0 Å². The third kappa shape index (κ3) is 13.3. The standard InChI is InChI=1S/C53H87N3O16S/c1-16-42-52(11,60)46(57)35(7)55-29-31(3)27-50(9,59)47(33(5)44(34(6)48(58)70-42)71-43-28-51(10,66-15)53(61,30-54-17-2)36(8)68-43)72-49-45(69-37-23-24-40(64-13)41(26-37)65-14)39(25-32(4)67-49)56(12)73(62,63)38-21-19-18-20-22-38/h18-24,26,31-36,39,42-47,49,54-55,57,59-61H,16-17,25,27-30H2,1-15H3/t31-,32-,33+,34-,35-,36+,39+,42-,43+,44+,45-,46-,47-,49+,50-,51-,52-,53+/m1/s1. The van der Waals surface area contributed by atoms with Gasteiger partial charge in [-0.25, -0.2) is 8.42 Å². The Morgan fingerprint density at radius 2 is 1.53 bits per heavy atom. The Morgan fingerprint density at radius 1 is 0.877 bits per heavy atom. The zero-order valence-corrected chi connectivity index (χ0v) is 46.5. The highest BCUT2D eigenvalue weighted by molar-refractivity contribution is 7.89. The fourth-order valence-corrected chi connectivity index (χ4v) is 12.4. The van der Waals surface area contributed by atoms with Crippen LogP contribution in [0.4, 0.5) is 0 Å². The van der Waals surface area contributed by atoms with E-state index < -0.39 is 118 Å². The number of esters is 1. The van der Waals surface area contributed by atoms with Gasteiger partial charge < -0.3 is 73.7 Å². The second kappa shape index (κ2) is 24.8. The Morgan fingerprint density at radius 3 is 2.14 bits per heavy atom. The molecule has 73 heavy (non-hydrogen) atoms. The number of carbonyl (C=O) groups excluding carboxylic acids is 1. The van der Waals surface area contributed by atoms with Crippen molar-refractivity contribution in [3.63, 3.8) is 0 Å². The number of methoxy groups -OCH3 is 3. The third-order valence-electron chi connectivity index (χ3n) is 15.7. The lowest BCUT2D eigenvalue weighted by Crippen LogP contribution is -2.70. The quantitative estimate of drug-likeness (QED) is 0.128. The highest BCUT2D eigenvalue weighted by Gasteiger charge is 2.59. The lowest BCUT2D eigenvalue weighted by molar-refractivity contribution is -0.335. The maximum absolute atomic E-state index is 14.7. The highest BCUT2D eigenvalue weighted by Crippen LogP contribution is 2.44. The molecule has 2 aromatic carbocycles. The van der Waals surface area contributed by atoms with E-state index in [0.717, 1.165) is 0 Å². The average molecular weight is 1050 g/mol. The summed E-state index contributed by atoms with van der Waals surface area (Å²) in [4.78, 5) is 14.8. The number of aliphatic hydroxyl groups is 4. The molecule has 0 radical (unpaired) electrons. The van der Waals surface area contributed by atoms with Crippen LogP contribution in [-0.2, 0) is 43.2 Å². The van der Waals surface area contributed by atoms with E-state index in [1.807, 2.05) is 13.8 Å². The van der Waals surface area contributed by atoms with Crippen molar-refractivity contribution in [1.29, 1.82) is 0 Å². The molecule has 5 rings (SSSR count). The summed E-state index contributed by atoms with van der Waals surface area (Å²) in [7, 11) is 1.83. The first-order chi connectivity index (χ1) is 34.2. The number of hydrogen-bond acceptors (Lipinski definition) is 18. The predicted octanol–water partition coefficient (Wildman–Crippen LogP) is 4.40. The monoisotopic (exact) mass is 1050 g/mol. The molecule has 3 fully saturated rings. The van der Waals surface area contributed by atoms with Crippen LogP contribution in [0.5, 0.6) is 17.2 Å². The second-order valence-electron chi connectivity index (χ2n) is 21.3. The largest absolute Gasteiger partial charge is 0.493 e. The molecular weight excluding hydrogens is 967 g/mol. The van der Waals surface area contributed by atoms with Crippen LogP contribution in [0.1, 0.15) is 102 Å². The maximum Gasteiger partial charge on any atom is 0.311 e. The smallest absolute Gasteiger partial charge is 0.311 e. The van der Waals surface area contributed by atoms with E-state index in [-0.39, 0.29) is 55.3 Å². The normalized spacial score (nSPS) is 39.5. The zero-order chi connectivity index (χ0) is 54.4. The van der Waals surface area contributed by atoms with Crippen molar-refractivity contribution in [2.24, 2.45) is 17.8 Å². The topological polar surface area (TPSA) is 242 Å². The minimum absolute atomic E-state index is 0.0100. The summed E-state index contributed by atoms with van der Waals surface area (Å²) in [6, 6.07) is 11.4. The number of rotatable bonds is 16. The van der Waals surface area contributed by atoms with Gasteiger partial charge in [-0.15, -0.1) is 0 Å². The molecule has 3 saturated heterocycles. The van der Waals surface area contributed by atoms with Gasteiger partial charge in [0, 0.05) is 45.1 Å². The van der Waals surface area contributed by atoms with E-state index in [0.29, 0.717) is 18.0 Å². The minimum Gasteiger partial charge on any atom is -0.493 e. The molecule has 3 heterocycles. The summed E-state index contributed by atoms with van der Waals surface area (Å²) < 4.78 is 87.8. The lowest BCUT2D eigenvalue weighted by atomic mass is 9.75. The van der Waals surface area contributed by atoms with Crippen LogP contribution in [0, 0.1) is 17.8 Å². The number of hydrogen-bond donors (Lipinski definition) is 6. The van der Waals surface area contributed by atoms with E-state index in [4.69, 9.17) is 42.6 Å². The number of sulfonamides is 1.